The molecule has 1 aliphatic heterocycles. The van der Waals surface area contributed by atoms with E-state index in [2.05, 4.69) is 20.9 Å². The number of ether oxygens (including phenoxy) is 1. The Labute approximate surface area is 241 Å². The van der Waals surface area contributed by atoms with E-state index in [1.54, 1.807) is 37.3 Å². The first-order valence-corrected chi connectivity index (χ1v) is 13.5. The van der Waals surface area contributed by atoms with Crippen molar-refractivity contribution < 1.29 is 29.3 Å². The number of benzene rings is 2. The fraction of sp³-hybridized carbons (Fsp3) is 0.296. The molecule has 3 rings (SSSR count). The number of amidine groups is 1. The number of amides is 3. The first-order chi connectivity index (χ1) is 19.7. The van der Waals surface area contributed by atoms with Crippen LogP contribution < -0.4 is 26.4 Å². The monoisotopic (exact) mass is 583 g/mol. The SMILES string of the molecule is COc1cc(/C=C2\S/C(=N\c3ccccc3)N([C@@H](C)C(=O)N[C@@H](CCCNC(=N)N)NC=O)C2=O)cc(CO)c1O. The van der Waals surface area contributed by atoms with Crippen LogP contribution in [0.15, 0.2) is 52.4 Å². The third kappa shape index (κ3) is 8.22. The van der Waals surface area contributed by atoms with Gasteiger partial charge in [0.25, 0.3) is 5.91 Å². The molecule has 8 N–H and O–H groups in total. The number of nitrogens with one attached hydrogen (secondary N) is 4. The highest BCUT2D eigenvalue weighted by molar-refractivity contribution is 8.18. The van der Waals surface area contributed by atoms with Gasteiger partial charge in [0.05, 0.1) is 24.3 Å². The molecular formula is C27H33N7O6S. The molecule has 0 radical (unpaired) electrons. The molecule has 1 heterocycles. The summed E-state index contributed by atoms with van der Waals surface area (Å²) in [6, 6.07) is 11.0. The molecule has 0 spiro atoms. The molecule has 0 unspecified atom stereocenters. The molecule has 1 saturated heterocycles. The number of rotatable bonds is 13. The molecule has 13 nitrogen and oxygen atoms in total. The van der Waals surface area contributed by atoms with Crippen LogP contribution in [0.3, 0.4) is 0 Å². The summed E-state index contributed by atoms with van der Waals surface area (Å²) in [6.07, 6.45) is 2.18. The number of hydrogen-bond acceptors (Lipinski definition) is 9. The Morgan fingerprint density at radius 3 is 2.66 bits per heavy atom. The van der Waals surface area contributed by atoms with Crippen molar-refractivity contribution in [3.8, 4) is 11.5 Å². The number of carbonyl (C=O) groups excluding carboxylic acids is 3. The summed E-state index contributed by atoms with van der Waals surface area (Å²) in [4.78, 5) is 44.2. The second-order valence-electron chi connectivity index (χ2n) is 8.91. The fourth-order valence-corrected chi connectivity index (χ4v) is 5.01. The van der Waals surface area contributed by atoms with Crippen LogP contribution in [0.2, 0.25) is 0 Å². The van der Waals surface area contributed by atoms with E-state index in [-0.39, 0.29) is 33.1 Å². The van der Waals surface area contributed by atoms with Gasteiger partial charge in [-0.05, 0) is 67.4 Å². The van der Waals surface area contributed by atoms with Gasteiger partial charge >= 0.3 is 0 Å². The Kier molecular flexibility index (Phi) is 11.1. The molecular weight excluding hydrogens is 550 g/mol. The van der Waals surface area contributed by atoms with Crippen LogP contribution in [0, 0.1) is 5.41 Å². The standard InChI is InChI=1S/C27H33N7O6S/c1-16(24(38)33-22(31-15-36)9-6-10-30-26(28)29)34-25(39)21(41-27(34)32-19-7-4-3-5-8-19)13-17-11-18(14-35)23(37)20(12-17)40-2/h3-5,7-8,11-13,15-16,22,35,37H,6,9-10,14H2,1-2H3,(H,31,36)(H,33,38)(H4,28,29,30)/b21-13-,32-27-/t16-,22-/m0/s1. The number of phenols is 1. The maximum atomic E-state index is 13.7. The highest BCUT2D eigenvalue weighted by atomic mass is 32.2. The summed E-state index contributed by atoms with van der Waals surface area (Å²) in [5.74, 6) is -1.24. The number of aliphatic hydroxyl groups excluding tert-OH is 1. The summed E-state index contributed by atoms with van der Waals surface area (Å²) in [5.41, 5.74) is 6.58. The number of aliphatic hydroxyl groups is 1. The molecule has 0 aliphatic carbocycles. The second kappa shape index (κ2) is 14.7. The predicted octanol–water partition coefficient (Wildman–Crippen LogP) is 1.34. The number of aromatic hydroxyl groups is 1. The first kappa shape index (κ1) is 31.0. The van der Waals surface area contributed by atoms with Crippen molar-refractivity contribution in [3.63, 3.8) is 0 Å². The normalized spacial score (nSPS) is 16.4. The summed E-state index contributed by atoms with van der Waals surface area (Å²) >= 11 is 1.07. The first-order valence-electron chi connectivity index (χ1n) is 12.6. The Bertz CT molecular complexity index is 1310. The maximum Gasteiger partial charge on any atom is 0.267 e. The zero-order valence-electron chi connectivity index (χ0n) is 22.6. The van der Waals surface area contributed by atoms with Gasteiger partial charge in [-0.15, -0.1) is 0 Å². The van der Waals surface area contributed by atoms with Gasteiger partial charge in [0.15, 0.2) is 22.6 Å². The van der Waals surface area contributed by atoms with Gasteiger partial charge in [-0.1, -0.05) is 18.2 Å². The van der Waals surface area contributed by atoms with Crippen LogP contribution in [-0.2, 0) is 21.0 Å². The number of carbonyl (C=O) groups is 3. The summed E-state index contributed by atoms with van der Waals surface area (Å²) in [6.45, 7) is 1.49. The van der Waals surface area contributed by atoms with Crippen molar-refractivity contribution in [1.29, 1.82) is 5.41 Å². The van der Waals surface area contributed by atoms with Crippen molar-refractivity contribution in [1.82, 2.24) is 20.9 Å². The molecule has 3 amide bonds. The van der Waals surface area contributed by atoms with Gasteiger partial charge < -0.3 is 36.6 Å². The minimum atomic E-state index is -1.00. The van der Waals surface area contributed by atoms with Gasteiger partial charge in [0.1, 0.15) is 12.2 Å². The van der Waals surface area contributed by atoms with Crippen LogP contribution >= 0.6 is 11.8 Å². The van der Waals surface area contributed by atoms with Crippen LogP contribution in [0.1, 0.15) is 30.9 Å². The number of nitrogens with zero attached hydrogens (tertiary/aromatic N) is 2. The Balaban J connectivity index is 1.90. The molecule has 0 aromatic heterocycles. The van der Waals surface area contributed by atoms with E-state index in [0.29, 0.717) is 37.0 Å². The number of nitrogens with two attached hydrogens (primary N) is 1. The summed E-state index contributed by atoms with van der Waals surface area (Å²) < 4.78 is 5.19. The minimum absolute atomic E-state index is 0.133. The van der Waals surface area contributed by atoms with E-state index in [1.807, 2.05) is 6.07 Å². The molecule has 0 saturated carbocycles. The van der Waals surface area contributed by atoms with Gasteiger partial charge in [0.2, 0.25) is 12.3 Å². The lowest BCUT2D eigenvalue weighted by atomic mass is 10.1. The average Bonchev–Trinajstić information content (AvgIpc) is 3.25. The van der Waals surface area contributed by atoms with Crippen LogP contribution in [0.4, 0.5) is 5.69 Å². The highest BCUT2D eigenvalue weighted by Gasteiger charge is 2.39. The summed E-state index contributed by atoms with van der Waals surface area (Å²) in [5, 5.41) is 35.3. The lowest BCUT2D eigenvalue weighted by Gasteiger charge is -2.26. The number of methoxy groups -OCH3 is 1. The van der Waals surface area contributed by atoms with Crippen molar-refractivity contribution >= 4 is 52.9 Å². The maximum absolute atomic E-state index is 13.7. The Morgan fingerprint density at radius 2 is 2.02 bits per heavy atom. The Hall–Kier alpha value is -4.56. The Morgan fingerprint density at radius 1 is 1.29 bits per heavy atom. The van der Waals surface area contributed by atoms with Crippen LogP contribution in [0.5, 0.6) is 11.5 Å². The van der Waals surface area contributed by atoms with E-state index in [1.165, 1.54) is 24.1 Å². The fourth-order valence-electron chi connectivity index (χ4n) is 3.94. The molecule has 2 aromatic carbocycles. The van der Waals surface area contributed by atoms with Crippen LogP contribution in [0.25, 0.3) is 6.08 Å². The van der Waals surface area contributed by atoms with Gasteiger partial charge in [-0.25, -0.2) is 4.99 Å². The number of thioether (sulfide) groups is 1. The van der Waals surface area contributed by atoms with E-state index >= 15 is 0 Å². The second-order valence-corrected chi connectivity index (χ2v) is 9.92. The molecule has 41 heavy (non-hydrogen) atoms. The topological polar surface area (TPSA) is 202 Å². The van der Waals surface area contributed by atoms with E-state index < -0.39 is 30.6 Å². The molecule has 2 atom stereocenters. The minimum Gasteiger partial charge on any atom is -0.504 e. The van der Waals surface area contributed by atoms with E-state index in [4.69, 9.17) is 15.9 Å². The number of para-hydroxylation sites is 1. The van der Waals surface area contributed by atoms with E-state index in [0.717, 1.165) is 11.8 Å². The van der Waals surface area contributed by atoms with Gasteiger partial charge in [-0.2, -0.15) is 0 Å². The molecule has 2 aromatic rings. The van der Waals surface area contributed by atoms with Crippen molar-refractivity contribution in [2.24, 2.45) is 10.7 Å². The zero-order chi connectivity index (χ0) is 29.9. The summed E-state index contributed by atoms with van der Waals surface area (Å²) in [7, 11) is 1.38. The number of aliphatic imine (C=N–C) groups is 1. The van der Waals surface area contributed by atoms with Crippen LogP contribution in [-0.4, -0.2) is 70.3 Å². The van der Waals surface area contributed by atoms with Crippen molar-refractivity contribution in [2.45, 2.75) is 38.6 Å². The third-order valence-corrected chi connectivity index (χ3v) is 7.00. The third-order valence-electron chi connectivity index (χ3n) is 6.02. The molecule has 14 heteroatoms. The quantitative estimate of drug-likeness (QED) is 0.0453. The molecule has 1 fully saturated rings. The number of guanidine groups is 1. The zero-order valence-corrected chi connectivity index (χ0v) is 23.4. The smallest absolute Gasteiger partial charge is 0.267 e. The van der Waals surface area contributed by atoms with Gasteiger partial charge in [0, 0.05) is 12.1 Å². The van der Waals surface area contributed by atoms with E-state index in [9.17, 15) is 24.6 Å². The molecule has 1 aliphatic rings. The lowest BCUT2D eigenvalue weighted by molar-refractivity contribution is -0.133. The van der Waals surface area contributed by atoms with Crippen molar-refractivity contribution in [2.75, 3.05) is 13.7 Å². The highest BCUT2D eigenvalue weighted by Crippen LogP contribution is 2.38. The predicted molar refractivity (Wildman–Crippen MR) is 156 cm³/mol. The average molecular weight is 584 g/mol. The lowest BCUT2D eigenvalue weighted by Crippen LogP contribution is -2.53. The molecule has 218 valence electrons. The van der Waals surface area contributed by atoms with Gasteiger partial charge in [-0.3, -0.25) is 24.7 Å². The van der Waals surface area contributed by atoms with Crippen molar-refractivity contribution in [3.05, 3.63) is 58.5 Å². The molecule has 0 bridgehead atoms. The largest absolute Gasteiger partial charge is 0.504 e. The number of hydrogen-bond donors (Lipinski definition) is 7.